The Balaban J connectivity index is 2.16. The Bertz CT molecular complexity index is 493. The summed E-state index contributed by atoms with van der Waals surface area (Å²) in [6.45, 7) is 3.10. The fourth-order valence-electron chi connectivity index (χ4n) is 1.82. The maximum atomic E-state index is 5.67. The molecule has 0 fully saturated rings. The number of hydrogen-bond donors (Lipinski definition) is 1. The molecule has 0 aromatic carbocycles. The van der Waals surface area contributed by atoms with Gasteiger partial charge >= 0.3 is 0 Å². The normalized spacial score (nSPS) is 10.5. The first-order valence-electron chi connectivity index (χ1n) is 5.61. The molecule has 4 nitrogen and oxygen atoms in total. The maximum absolute atomic E-state index is 5.67. The lowest BCUT2D eigenvalue weighted by atomic mass is 10.2. The predicted molar refractivity (Wildman–Crippen MR) is 67.7 cm³/mol. The zero-order chi connectivity index (χ0) is 12.3. The van der Waals surface area contributed by atoms with Gasteiger partial charge in [0.05, 0.1) is 17.9 Å². The van der Waals surface area contributed by atoms with Crippen LogP contribution in [0.3, 0.4) is 0 Å². The standard InChI is InChI=1S/C13H17N3O/c1-10-5-6-11(17-10)9-16(2)13-4-3-7-15-12(13)8-14/h3-7H,8-9,14H2,1-2H3. The van der Waals surface area contributed by atoms with Crippen molar-refractivity contribution in [2.45, 2.75) is 20.0 Å². The molecule has 0 aliphatic heterocycles. The Hall–Kier alpha value is -1.81. The second-order valence-electron chi connectivity index (χ2n) is 4.04. The lowest BCUT2D eigenvalue weighted by molar-refractivity contribution is 0.481. The van der Waals surface area contributed by atoms with Crippen LogP contribution in [0.1, 0.15) is 17.2 Å². The summed E-state index contributed by atoms with van der Waals surface area (Å²) in [6, 6.07) is 7.89. The van der Waals surface area contributed by atoms with Crippen molar-refractivity contribution < 1.29 is 4.42 Å². The van der Waals surface area contributed by atoms with Gasteiger partial charge in [-0.2, -0.15) is 0 Å². The highest BCUT2D eigenvalue weighted by molar-refractivity contribution is 5.49. The van der Waals surface area contributed by atoms with Gasteiger partial charge in [0.15, 0.2) is 0 Å². The minimum absolute atomic E-state index is 0.442. The van der Waals surface area contributed by atoms with Crippen molar-refractivity contribution in [1.29, 1.82) is 0 Å². The molecular formula is C13H17N3O. The lowest BCUT2D eigenvalue weighted by Gasteiger charge is -2.20. The van der Waals surface area contributed by atoms with Crippen LogP contribution < -0.4 is 10.6 Å². The average Bonchev–Trinajstić information content (AvgIpc) is 2.74. The second-order valence-corrected chi connectivity index (χ2v) is 4.04. The summed E-state index contributed by atoms with van der Waals surface area (Å²) in [6.07, 6.45) is 1.76. The van der Waals surface area contributed by atoms with Crippen LogP contribution in [0.4, 0.5) is 5.69 Å². The average molecular weight is 231 g/mol. The highest BCUT2D eigenvalue weighted by atomic mass is 16.3. The first kappa shape index (κ1) is 11.7. The van der Waals surface area contributed by atoms with E-state index >= 15 is 0 Å². The summed E-state index contributed by atoms with van der Waals surface area (Å²) in [5.41, 5.74) is 7.62. The van der Waals surface area contributed by atoms with E-state index in [1.807, 2.05) is 38.2 Å². The largest absolute Gasteiger partial charge is 0.464 e. The fraction of sp³-hybridized carbons (Fsp3) is 0.308. The second kappa shape index (κ2) is 5.01. The number of aryl methyl sites for hydroxylation is 1. The Kier molecular flexibility index (Phi) is 3.44. The quantitative estimate of drug-likeness (QED) is 0.875. The molecule has 0 bridgehead atoms. The molecule has 2 N–H and O–H groups in total. The molecule has 0 spiro atoms. The van der Waals surface area contributed by atoms with E-state index in [1.165, 1.54) is 0 Å². The van der Waals surface area contributed by atoms with Crippen LogP contribution in [0.15, 0.2) is 34.9 Å². The lowest BCUT2D eigenvalue weighted by Crippen LogP contribution is -2.19. The third-order valence-corrected chi connectivity index (χ3v) is 2.66. The third-order valence-electron chi connectivity index (χ3n) is 2.66. The summed E-state index contributed by atoms with van der Waals surface area (Å²) in [7, 11) is 2.01. The van der Waals surface area contributed by atoms with E-state index in [1.54, 1.807) is 6.20 Å². The van der Waals surface area contributed by atoms with Gasteiger partial charge in [0.2, 0.25) is 0 Å². The monoisotopic (exact) mass is 231 g/mol. The zero-order valence-electron chi connectivity index (χ0n) is 10.2. The number of pyridine rings is 1. The zero-order valence-corrected chi connectivity index (χ0v) is 10.2. The van der Waals surface area contributed by atoms with Crippen molar-refractivity contribution in [3.8, 4) is 0 Å². The minimum Gasteiger partial charge on any atom is -0.464 e. The first-order valence-corrected chi connectivity index (χ1v) is 5.61. The van der Waals surface area contributed by atoms with Gasteiger partial charge in [-0.1, -0.05) is 0 Å². The van der Waals surface area contributed by atoms with E-state index < -0.39 is 0 Å². The molecule has 2 heterocycles. The van der Waals surface area contributed by atoms with Gasteiger partial charge < -0.3 is 15.1 Å². The van der Waals surface area contributed by atoms with E-state index in [0.29, 0.717) is 13.1 Å². The van der Waals surface area contributed by atoms with E-state index in [0.717, 1.165) is 22.9 Å². The molecule has 0 saturated heterocycles. The molecule has 17 heavy (non-hydrogen) atoms. The molecule has 2 rings (SSSR count). The summed E-state index contributed by atoms with van der Waals surface area (Å²) in [5, 5.41) is 0. The molecular weight excluding hydrogens is 214 g/mol. The first-order chi connectivity index (χ1) is 8.20. The van der Waals surface area contributed by atoms with E-state index in [2.05, 4.69) is 9.88 Å². The molecule has 0 aliphatic carbocycles. The highest BCUT2D eigenvalue weighted by Crippen LogP contribution is 2.19. The van der Waals surface area contributed by atoms with Crippen LogP contribution in [-0.2, 0) is 13.1 Å². The molecule has 0 unspecified atom stereocenters. The molecule has 0 amide bonds. The Morgan fingerprint density at radius 3 is 2.82 bits per heavy atom. The topological polar surface area (TPSA) is 55.3 Å². The van der Waals surface area contributed by atoms with E-state index in [9.17, 15) is 0 Å². The van der Waals surface area contributed by atoms with Gasteiger partial charge in [0.1, 0.15) is 11.5 Å². The van der Waals surface area contributed by atoms with Crippen LogP contribution >= 0.6 is 0 Å². The molecule has 90 valence electrons. The van der Waals surface area contributed by atoms with Gasteiger partial charge in [0.25, 0.3) is 0 Å². The molecule has 0 radical (unpaired) electrons. The summed E-state index contributed by atoms with van der Waals surface area (Å²) in [5.74, 6) is 1.87. The summed E-state index contributed by atoms with van der Waals surface area (Å²) < 4.78 is 5.56. The fourth-order valence-corrected chi connectivity index (χ4v) is 1.82. The van der Waals surface area contributed by atoms with Crippen molar-refractivity contribution in [1.82, 2.24) is 4.98 Å². The van der Waals surface area contributed by atoms with Crippen molar-refractivity contribution in [3.05, 3.63) is 47.7 Å². The van der Waals surface area contributed by atoms with Gasteiger partial charge in [-0.05, 0) is 31.2 Å². The van der Waals surface area contributed by atoms with E-state index in [-0.39, 0.29) is 0 Å². The van der Waals surface area contributed by atoms with Crippen LogP contribution in [0, 0.1) is 6.92 Å². The van der Waals surface area contributed by atoms with Gasteiger partial charge in [-0.25, -0.2) is 0 Å². The minimum atomic E-state index is 0.442. The Morgan fingerprint density at radius 1 is 1.35 bits per heavy atom. The highest BCUT2D eigenvalue weighted by Gasteiger charge is 2.09. The van der Waals surface area contributed by atoms with Crippen molar-refractivity contribution >= 4 is 5.69 Å². The summed E-state index contributed by atoms with van der Waals surface area (Å²) in [4.78, 5) is 6.36. The van der Waals surface area contributed by atoms with Crippen LogP contribution in [-0.4, -0.2) is 12.0 Å². The summed E-state index contributed by atoms with van der Waals surface area (Å²) >= 11 is 0. The predicted octanol–water partition coefficient (Wildman–Crippen LogP) is 2.08. The third kappa shape index (κ3) is 2.65. The van der Waals surface area contributed by atoms with Crippen LogP contribution in [0.5, 0.6) is 0 Å². The van der Waals surface area contributed by atoms with Crippen molar-refractivity contribution in [3.63, 3.8) is 0 Å². The number of nitrogens with two attached hydrogens (primary N) is 1. The number of furan rings is 1. The molecule has 0 aliphatic rings. The molecule has 2 aromatic heterocycles. The van der Waals surface area contributed by atoms with Gasteiger partial charge in [-0.3, -0.25) is 4.98 Å². The number of rotatable bonds is 4. The Morgan fingerprint density at radius 2 is 2.18 bits per heavy atom. The van der Waals surface area contributed by atoms with Crippen molar-refractivity contribution in [2.24, 2.45) is 5.73 Å². The molecule has 2 aromatic rings. The molecule has 0 atom stereocenters. The number of anilines is 1. The Labute approximate surface area is 101 Å². The number of hydrogen-bond acceptors (Lipinski definition) is 4. The SMILES string of the molecule is Cc1ccc(CN(C)c2cccnc2CN)o1. The number of nitrogens with zero attached hydrogens (tertiary/aromatic N) is 2. The van der Waals surface area contributed by atoms with E-state index in [4.69, 9.17) is 10.2 Å². The molecule has 0 saturated carbocycles. The molecule has 4 heteroatoms. The van der Waals surface area contributed by atoms with Gasteiger partial charge in [-0.15, -0.1) is 0 Å². The van der Waals surface area contributed by atoms with Crippen molar-refractivity contribution in [2.75, 3.05) is 11.9 Å². The number of aromatic nitrogens is 1. The van der Waals surface area contributed by atoms with Crippen LogP contribution in [0.25, 0.3) is 0 Å². The van der Waals surface area contributed by atoms with Crippen LogP contribution in [0.2, 0.25) is 0 Å². The van der Waals surface area contributed by atoms with Gasteiger partial charge in [0, 0.05) is 19.8 Å². The smallest absolute Gasteiger partial charge is 0.123 e. The maximum Gasteiger partial charge on any atom is 0.123 e.